The van der Waals surface area contributed by atoms with Gasteiger partial charge < -0.3 is 15.5 Å². The quantitative estimate of drug-likeness (QED) is 0.759. The van der Waals surface area contributed by atoms with Crippen molar-refractivity contribution in [3.8, 4) is 0 Å². The summed E-state index contributed by atoms with van der Waals surface area (Å²) >= 11 is 0. The normalized spacial score (nSPS) is 10.6. The number of fused-ring (bicyclic) bond motifs is 1. The third kappa shape index (κ3) is 1.62. The number of aryl methyl sites for hydroxylation is 1. The maximum Gasteiger partial charge on any atom is 0.342 e. The molecule has 0 atom stereocenters. The van der Waals surface area contributed by atoms with Crippen molar-refractivity contribution in [2.45, 2.75) is 13.8 Å². The fourth-order valence-corrected chi connectivity index (χ4v) is 1.76. The molecule has 0 bridgehead atoms. The summed E-state index contributed by atoms with van der Waals surface area (Å²) in [6.45, 7) is 4.10. The molecule has 2 rings (SSSR count). The first-order chi connectivity index (χ1) is 7.63. The Labute approximate surface area is 93.4 Å². The number of hydrogen-bond acceptors (Lipinski definition) is 3. The summed E-state index contributed by atoms with van der Waals surface area (Å²) in [5.41, 5.74) is 8.18. The van der Waals surface area contributed by atoms with E-state index < -0.39 is 0 Å². The lowest BCUT2D eigenvalue weighted by Gasteiger charge is -2.01. The molecule has 0 saturated carbocycles. The van der Waals surface area contributed by atoms with E-state index in [9.17, 15) is 4.79 Å². The Hall–Kier alpha value is -1.97. The van der Waals surface area contributed by atoms with Gasteiger partial charge in [0.05, 0.1) is 6.61 Å². The van der Waals surface area contributed by atoms with Crippen molar-refractivity contribution in [2.24, 2.45) is 0 Å². The first kappa shape index (κ1) is 10.5. The lowest BCUT2D eigenvalue weighted by atomic mass is 10.1. The summed E-state index contributed by atoms with van der Waals surface area (Å²) in [6.07, 6.45) is 0. The van der Waals surface area contributed by atoms with E-state index in [1.807, 2.05) is 25.1 Å². The van der Waals surface area contributed by atoms with E-state index in [1.165, 1.54) is 0 Å². The fraction of sp³-hybridized carbons (Fsp3) is 0.250. The molecule has 0 aliphatic heterocycles. The van der Waals surface area contributed by atoms with Crippen molar-refractivity contribution in [3.05, 3.63) is 29.3 Å². The van der Waals surface area contributed by atoms with Gasteiger partial charge in [-0.15, -0.1) is 0 Å². The number of aromatic nitrogens is 1. The summed E-state index contributed by atoms with van der Waals surface area (Å²) in [7, 11) is 0. The zero-order chi connectivity index (χ0) is 11.7. The molecule has 1 aromatic heterocycles. The second-order valence-electron chi connectivity index (χ2n) is 3.68. The van der Waals surface area contributed by atoms with Crippen LogP contribution in [0.2, 0.25) is 0 Å². The van der Waals surface area contributed by atoms with Crippen LogP contribution in [0.3, 0.4) is 0 Å². The second-order valence-corrected chi connectivity index (χ2v) is 3.68. The van der Waals surface area contributed by atoms with E-state index >= 15 is 0 Å². The number of H-pyrrole nitrogens is 1. The van der Waals surface area contributed by atoms with Gasteiger partial charge in [-0.2, -0.15) is 0 Å². The van der Waals surface area contributed by atoms with E-state index in [0.717, 1.165) is 16.5 Å². The molecule has 1 heterocycles. The van der Waals surface area contributed by atoms with Gasteiger partial charge in [-0.3, -0.25) is 0 Å². The summed E-state index contributed by atoms with van der Waals surface area (Å²) in [6, 6.07) is 5.77. The monoisotopic (exact) mass is 218 g/mol. The van der Waals surface area contributed by atoms with Crippen LogP contribution in [0.4, 0.5) is 5.82 Å². The minimum Gasteiger partial charge on any atom is -0.462 e. The van der Waals surface area contributed by atoms with Gasteiger partial charge in [0.1, 0.15) is 11.4 Å². The van der Waals surface area contributed by atoms with Crippen molar-refractivity contribution >= 4 is 22.7 Å². The minimum atomic E-state index is -0.380. The summed E-state index contributed by atoms with van der Waals surface area (Å²) in [4.78, 5) is 14.7. The molecule has 3 N–H and O–H groups in total. The van der Waals surface area contributed by atoms with Crippen molar-refractivity contribution in [1.29, 1.82) is 0 Å². The van der Waals surface area contributed by atoms with Crippen molar-refractivity contribution in [3.63, 3.8) is 0 Å². The number of ether oxygens (including phenoxy) is 1. The molecule has 0 aliphatic rings. The lowest BCUT2D eigenvalue weighted by molar-refractivity contribution is 0.0530. The van der Waals surface area contributed by atoms with Gasteiger partial charge >= 0.3 is 5.97 Å². The van der Waals surface area contributed by atoms with E-state index in [2.05, 4.69) is 4.98 Å². The van der Waals surface area contributed by atoms with Gasteiger partial charge in [0, 0.05) is 10.9 Å². The van der Waals surface area contributed by atoms with Crippen LogP contribution in [0, 0.1) is 6.92 Å². The van der Waals surface area contributed by atoms with Crippen LogP contribution in [-0.2, 0) is 4.74 Å². The number of hydrogen-bond donors (Lipinski definition) is 2. The molecule has 0 spiro atoms. The molecule has 0 saturated heterocycles. The van der Waals surface area contributed by atoms with Gasteiger partial charge in [0.25, 0.3) is 0 Å². The topological polar surface area (TPSA) is 68.1 Å². The van der Waals surface area contributed by atoms with E-state index in [4.69, 9.17) is 10.5 Å². The van der Waals surface area contributed by atoms with Crippen LogP contribution >= 0.6 is 0 Å². The number of nitrogens with two attached hydrogens (primary N) is 1. The first-order valence-electron chi connectivity index (χ1n) is 5.18. The highest BCUT2D eigenvalue weighted by molar-refractivity contribution is 6.08. The Balaban J connectivity index is 2.60. The summed E-state index contributed by atoms with van der Waals surface area (Å²) in [5, 5.41) is 0.807. The Kier molecular flexibility index (Phi) is 2.56. The Morgan fingerprint density at radius 3 is 2.94 bits per heavy atom. The first-order valence-corrected chi connectivity index (χ1v) is 5.18. The number of carbonyl (C=O) groups excluding carboxylic acids is 1. The molecule has 0 radical (unpaired) electrons. The molecule has 16 heavy (non-hydrogen) atoms. The zero-order valence-electron chi connectivity index (χ0n) is 9.33. The van der Waals surface area contributed by atoms with Gasteiger partial charge in [0.15, 0.2) is 0 Å². The fourth-order valence-electron chi connectivity index (χ4n) is 1.76. The van der Waals surface area contributed by atoms with Crippen LogP contribution in [0.1, 0.15) is 22.8 Å². The van der Waals surface area contributed by atoms with Gasteiger partial charge in [-0.05, 0) is 25.5 Å². The van der Waals surface area contributed by atoms with Gasteiger partial charge in [0.2, 0.25) is 0 Å². The third-order valence-corrected chi connectivity index (χ3v) is 2.46. The predicted octanol–water partition coefficient (Wildman–Crippen LogP) is 2.24. The smallest absolute Gasteiger partial charge is 0.342 e. The standard InChI is InChI=1S/C12H14N2O2/c1-3-16-12(15)10-8-5-4-7(2)6-9(8)14-11(10)13/h4-6,14H,3,13H2,1-2H3. The molecule has 1 aromatic carbocycles. The van der Waals surface area contributed by atoms with Crippen molar-refractivity contribution in [2.75, 3.05) is 12.3 Å². The Morgan fingerprint density at radius 1 is 1.50 bits per heavy atom. The maximum atomic E-state index is 11.7. The highest BCUT2D eigenvalue weighted by Crippen LogP contribution is 2.25. The number of nitrogen functional groups attached to an aromatic ring is 1. The van der Waals surface area contributed by atoms with Crippen LogP contribution in [0.5, 0.6) is 0 Å². The Bertz CT molecular complexity index is 543. The average molecular weight is 218 g/mol. The lowest BCUT2D eigenvalue weighted by Crippen LogP contribution is -2.06. The van der Waals surface area contributed by atoms with Crippen LogP contribution < -0.4 is 5.73 Å². The van der Waals surface area contributed by atoms with Crippen molar-refractivity contribution in [1.82, 2.24) is 4.98 Å². The number of esters is 1. The summed E-state index contributed by atoms with van der Waals surface area (Å²) in [5.74, 6) is -0.0193. The number of anilines is 1. The van der Waals surface area contributed by atoms with E-state index in [1.54, 1.807) is 6.92 Å². The molecule has 84 valence electrons. The maximum absolute atomic E-state index is 11.7. The van der Waals surface area contributed by atoms with Gasteiger partial charge in [-0.1, -0.05) is 12.1 Å². The van der Waals surface area contributed by atoms with E-state index in [0.29, 0.717) is 18.0 Å². The van der Waals surface area contributed by atoms with Crippen LogP contribution in [0.15, 0.2) is 18.2 Å². The minimum absolute atomic E-state index is 0.344. The Morgan fingerprint density at radius 2 is 2.25 bits per heavy atom. The van der Waals surface area contributed by atoms with Crippen molar-refractivity contribution < 1.29 is 9.53 Å². The number of benzene rings is 1. The molecular formula is C12H14N2O2. The average Bonchev–Trinajstić information content (AvgIpc) is 2.53. The summed E-state index contributed by atoms with van der Waals surface area (Å²) < 4.78 is 4.97. The number of carbonyl (C=O) groups is 1. The number of rotatable bonds is 2. The predicted molar refractivity (Wildman–Crippen MR) is 63.4 cm³/mol. The molecule has 0 fully saturated rings. The second kappa shape index (κ2) is 3.89. The molecule has 0 unspecified atom stereocenters. The highest BCUT2D eigenvalue weighted by atomic mass is 16.5. The highest BCUT2D eigenvalue weighted by Gasteiger charge is 2.17. The molecule has 4 nitrogen and oxygen atoms in total. The SMILES string of the molecule is CCOC(=O)c1c(N)[nH]c2cc(C)ccc12. The van der Waals surface area contributed by atoms with E-state index in [-0.39, 0.29) is 5.97 Å². The van der Waals surface area contributed by atoms with Gasteiger partial charge in [-0.25, -0.2) is 4.79 Å². The molecule has 2 aromatic rings. The van der Waals surface area contributed by atoms with Crippen LogP contribution in [-0.4, -0.2) is 17.6 Å². The molecule has 4 heteroatoms. The van der Waals surface area contributed by atoms with Crippen LogP contribution in [0.25, 0.3) is 10.9 Å². The molecular weight excluding hydrogens is 204 g/mol. The largest absolute Gasteiger partial charge is 0.462 e. The molecule has 0 aliphatic carbocycles. The molecule has 0 amide bonds. The zero-order valence-corrected chi connectivity index (χ0v) is 9.33. The number of nitrogens with one attached hydrogen (secondary N) is 1. The number of aromatic amines is 1. The third-order valence-electron chi connectivity index (χ3n) is 2.46.